The van der Waals surface area contributed by atoms with Crippen molar-refractivity contribution in [3.8, 4) is 5.75 Å². The van der Waals surface area contributed by atoms with Gasteiger partial charge in [0, 0.05) is 6.07 Å². The SMILES string of the molecule is [CH2]c1cc(OC)cnn1. The second-order valence-electron chi connectivity index (χ2n) is 1.59. The highest BCUT2D eigenvalue weighted by Crippen LogP contribution is 2.05. The van der Waals surface area contributed by atoms with E-state index in [-0.39, 0.29) is 0 Å². The monoisotopic (exact) mass is 123 g/mol. The summed E-state index contributed by atoms with van der Waals surface area (Å²) in [6, 6.07) is 1.72. The summed E-state index contributed by atoms with van der Waals surface area (Å²) in [7, 11) is 1.58. The van der Waals surface area contributed by atoms with Crippen LogP contribution < -0.4 is 4.74 Å². The number of methoxy groups -OCH3 is 1. The molecule has 0 N–H and O–H groups in total. The molecule has 0 aliphatic carbocycles. The summed E-state index contributed by atoms with van der Waals surface area (Å²) >= 11 is 0. The van der Waals surface area contributed by atoms with Crippen molar-refractivity contribution in [2.75, 3.05) is 7.11 Å². The van der Waals surface area contributed by atoms with Crippen molar-refractivity contribution < 1.29 is 4.74 Å². The van der Waals surface area contributed by atoms with Crippen molar-refractivity contribution in [3.63, 3.8) is 0 Å². The third-order valence-corrected chi connectivity index (χ3v) is 0.916. The van der Waals surface area contributed by atoms with Crippen LogP contribution in [0.1, 0.15) is 5.69 Å². The van der Waals surface area contributed by atoms with Gasteiger partial charge in [-0.2, -0.15) is 10.2 Å². The Hall–Kier alpha value is -1.12. The summed E-state index contributed by atoms with van der Waals surface area (Å²) in [5.41, 5.74) is 0.620. The Morgan fingerprint density at radius 2 is 2.44 bits per heavy atom. The molecule has 0 saturated carbocycles. The van der Waals surface area contributed by atoms with Gasteiger partial charge in [0.25, 0.3) is 0 Å². The number of hydrogen-bond acceptors (Lipinski definition) is 3. The van der Waals surface area contributed by atoms with Gasteiger partial charge in [-0.3, -0.25) is 0 Å². The molecule has 1 aromatic heterocycles. The van der Waals surface area contributed by atoms with E-state index in [1.165, 1.54) is 6.20 Å². The van der Waals surface area contributed by atoms with E-state index in [1.807, 2.05) is 0 Å². The van der Waals surface area contributed by atoms with Gasteiger partial charge in [0.2, 0.25) is 0 Å². The lowest BCUT2D eigenvalue weighted by Gasteiger charge is -1.95. The van der Waals surface area contributed by atoms with Gasteiger partial charge in [-0.25, -0.2) is 0 Å². The molecule has 0 aliphatic heterocycles. The van der Waals surface area contributed by atoms with Crippen LogP contribution in [-0.4, -0.2) is 17.3 Å². The van der Waals surface area contributed by atoms with Crippen LogP contribution in [0.15, 0.2) is 12.3 Å². The molecule has 3 heteroatoms. The van der Waals surface area contributed by atoms with E-state index in [4.69, 9.17) is 4.74 Å². The van der Waals surface area contributed by atoms with Crippen LogP contribution in [-0.2, 0) is 0 Å². The Kier molecular flexibility index (Phi) is 1.63. The van der Waals surface area contributed by atoms with Gasteiger partial charge < -0.3 is 4.74 Å². The Labute approximate surface area is 53.7 Å². The van der Waals surface area contributed by atoms with Gasteiger partial charge >= 0.3 is 0 Å². The van der Waals surface area contributed by atoms with Crippen molar-refractivity contribution >= 4 is 0 Å². The molecule has 0 atom stereocenters. The highest BCUT2D eigenvalue weighted by Gasteiger charge is 1.89. The standard InChI is InChI=1S/C6H7N2O/c1-5-3-6(9-2)4-7-8-5/h3-4H,1H2,2H3. The van der Waals surface area contributed by atoms with Crippen LogP contribution in [0.5, 0.6) is 5.75 Å². The fourth-order valence-corrected chi connectivity index (χ4v) is 0.502. The molecular formula is C6H7N2O. The maximum Gasteiger partial charge on any atom is 0.140 e. The smallest absolute Gasteiger partial charge is 0.140 e. The maximum atomic E-state index is 4.85. The molecule has 9 heavy (non-hydrogen) atoms. The molecule has 0 bridgehead atoms. The minimum absolute atomic E-state index is 0.620. The summed E-state index contributed by atoms with van der Waals surface area (Å²) < 4.78 is 4.85. The average molecular weight is 123 g/mol. The summed E-state index contributed by atoms with van der Waals surface area (Å²) in [6.07, 6.45) is 1.54. The van der Waals surface area contributed by atoms with E-state index in [2.05, 4.69) is 17.1 Å². The second-order valence-corrected chi connectivity index (χ2v) is 1.59. The lowest BCUT2D eigenvalue weighted by Crippen LogP contribution is -1.88. The summed E-state index contributed by atoms with van der Waals surface area (Å²) in [6.45, 7) is 3.58. The Morgan fingerprint density at radius 3 is 2.89 bits per heavy atom. The lowest BCUT2D eigenvalue weighted by molar-refractivity contribution is 0.411. The molecule has 47 valence electrons. The molecule has 1 rings (SSSR count). The van der Waals surface area contributed by atoms with E-state index in [0.717, 1.165) is 0 Å². The van der Waals surface area contributed by atoms with Gasteiger partial charge in [0.15, 0.2) is 0 Å². The number of aromatic nitrogens is 2. The number of rotatable bonds is 1. The van der Waals surface area contributed by atoms with Gasteiger partial charge in [-0.05, 0) is 6.92 Å². The maximum absolute atomic E-state index is 4.85. The van der Waals surface area contributed by atoms with Crippen LogP contribution >= 0.6 is 0 Å². The highest BCUT2D eigenvalue weighted by molar-refractivity contribution is 5.19. The van der Waals surface area contributed by atoms with E-state index < -0.39 is 0 Å². The van der Waals surface area contributed by atoms with E-state index >= 15 is 0 Å². The topological polar surface area (TPSA) is 35.0 Å². The van der Waals surface area contributed by atoms with Crippen LogP contribution in [0.3, 0.4) is 0 Å². The van der Waals surface area contributed by atoms with E-state index in [0.29, 0.717) is 11.4 Å². The molecule has 3 nitrogen and oxygen atoms in total. The molecule has 0 spiro atoms. The predicted octanol–water partition coefficient (Wildman–Crippen LogP) is 0.667. The van der Waals surface area contributed by atoms with Crippen LogP contribution in [0.25, 0.3) is 0 Å². The molecular weight excluding hydrogens is 116 g/mol. The molecule has 0 saturated heterocycles. The third kappa shape index (κ3) is 1.38. The van der Waals surface area contributed by atoms with Crippen molar-refractivity contribution in [2.24, 2.45) is 0 Å². The molecule has 1 radical (unpaired) electrons. The number of ether oxygens (including phenoxy) is 1. The highest BCUT2D eigenvalue weighted by atomic mass is 16.5. The quantitative estimate of drug-likeness (QED) is 0.550. The molecule has 0 amide bonds. The molecule has 0 unspecified atom stereocenters. The van der Waals surface area contributed by atoms with Crippen molar-refractivity contribution in [2.45, 2.75) is 0 Å². The van der Waals surface area contributed by atoms with E-state index in [9.17, 15) is 0 Å². The third-order valence-electron chi connectivity index (χ3n) is 0.916. The first-order valence-electron chi connectivity index (χ1n) is 2.51. The summed E-state index contributed by atoms with van der Waals surface area (Å²) in [5.74, 6) is 0.690. The van der Waals surface area contributed by atoms with Gasteiger partial charge in [0.05, 0.1) is 19.0 Å². The predicted molar refractivity (Wildman–Crippen MR) is 33.0 cm³/mol. The fourth-order valence-electron chi connectivity index (χ4n) is 0.502. The summed E-state index contributed by atoms with van der Waals surface area (Å²) in [4.78, 5) is 0. The number of hydrogen-bond donors (Lipinski definition) is 0. The van der Waals surface area contributed by atoms with Gasteiger partial charge in [-0.15, -0.1) is 0 Å². The molecule has 1 aromatic rings. The first-order valence-corrected chi connectivity index (χ1v) is 2.51. The van der Waals surface area contributed by atoms with Gasteiger partial charge in [-0.1, -0.05) is 0 Å². The van der Waals surface area contributed by atoms with Crippen LogP contribution in [0.4, 0.5) is 0 Å². The van der Waals surface area contributed by atoms with Gasteiger partial charge in [0.1, 0.15) is 5.75 Å². The minimum Gasteiger partial charge on any atom is -0.495 e. The largest absolute Gasteiger partial charge is 0.495 e. The first-order chi connectivity index (χ1) is 4.33. The van der Waals surface area contributed by atoms with E-state index in [1.54, 1.807) is 13.2 Å². The van der Waals surface area contributed by atoms with Crippen LogP contribution in [0, 0.1) is 6.92 Å². The lowest BCUT2D eigenvalue weighted by atomic mass is 10.4. The first kappa shape index (κ1) is 6.01. The Balaban J connectivity index is 2.94. The zero-order valence-corrected chi connectivity index (χ0v) is 5.16. The fraction of sp³-hybridized carbons (Fsp3) is 0.167. The molecule has 0 aromatic carbocycles. The normalized spacial score (nSPS) is 9.11. The minimum atomic E-state index is 0.620. The Morgan fingerprint density at radius 1 is 1.67 bits per heavy atom. The summed E-state index contributed by atoms with van der Waals surface area (Å²) in [5, 5.41) is 7.26. The van der Waals surface area contributed by atoms with Crippen molar-refractivity contribution in [1.29, 1.82) is 0 Å². The molecule has 0 fully saturated rings. The Bertz CT molecular complexity index is 200. The average Bonchev–Trinajstić information content (AvgIpc) is 1.88. The zero-order valence-electron chi connectivity index (χ0n) is 5.16. The van der Waals surface area contributed by atoms with Crippen molar-refractivity contribution in [3.05, 3.63) is 24.9 Å². The molecule has 1 heterocycles. The zero-order chi connectivity index (χ0) is 6.69. The van der Waals surface area contributed by atoms with Crippen molar-refractivity contribution in [1.82, 2.24) is 10.2 Å². The van der Waals surface area contributed by atoms with Crippen LogP contribution in [0.2, 0.25) is 0 Å². The second kappa shape index (κ2) is 2.44. The number of nitrogens with zero attached hydrogens (tertiary/aromatic N) is 2. The molecule has 0 aliphatic rings.